The molecule has 40 heavy (non-hydrogen) atoms. The molecule has 0 aliphatic rings. The van der Waals surface area contributed by atoms with Gasteiger partial charge in [-0.05, 0) is 81.2 Å². The Morgan fingerprint density at radius 3 is 2.40 bits per heavy atom. The Morgan fingerprint density at radius 2 is 1.75 bits per heavy atom. The number of hydrogen-bond donors (Lipinski definition) is 3. The Balaban J connectivity index is 1.80. The maximum atomic E-state index is 13.9. The largest absolute Gasteiger partial charge is 0.494 e. The van der Waals surface area contributed by atoms with Crippen molar-refractivity contribution in [2.75, 3.05) is 37.7 Å². The first-order chi connectivity index (χ1) is 18.9. The van der Waals surface area contributed by atoms with Crippen LogP contribution in [0.1, 0.15) is 23.1 Å². The van der Waals surface area contributed by atoms with E-state index in [1.807, 2.05) is 19.0 Å². The van der Waals surface area contributed by atoms with Crippen LogP contribution in [-0.2, 0) is 21.2 Å². The molecule has 3 aromatic carbocycles. The minimum Gasteiger partial charge on any atom is -0.494 e. The van der Waals surface area contributed by atoms with E-state index in [1.54, 1.807) is 48.5 Å². The molecule has 1 aromatic heterocycles. The molecular weight excluding hydrogens is 535 g/mol. The van der Waals surface area contributed by atoms with Gasteiger partial charge in [-0.25, -0.2) is 17.8 Å². The molecule has 0 saturated carbocycles. The first-order valence-electron chi connectivity index (χ1n) is 12.6. The van der Waals surface area contributed by atoms with Crippen molar-refractivity contribution < 1.29 is 27.8 Å². The number of benzene rings is 3. The number of fused-ring (bicyclic) bond motifs is 1. The Labute approximate surface area is 232 Å². The number of nitrogens with one attached hydrogen (secondary N) is 1. The molecule has 0 fully saturated rings. The molecule has 11 heteroatoms. The number of H-pyrrole nitrogens is 1. The number of aliphatic imine (C=N–C) groups is 1. The predicted molar refractivity (Wildman–Crippen MR) is 155 cm³/mol. The average Bonchev–Trinajstić information content (AvgIpc) is 3.19. The minimum atomic E-state index is -3.52. The number of carboxylic acids is 1. The fraction of sp³-hybridized carbons (Fsp3) is 0.241. The van der Waals surface area contributed by atoms with Crippen molar-refractivity contribution in [1.82, 2.24) is 9.88 Å². The zero-order valence-corrected chi connectivity index (χ0v) is 23.2. The number of nitrogens with zero attached hydrogens (tertiary/aromatic N) is 3. The Hall–Kier alpha value is -4.22. The summed E-state index contributed by atoms with van der Waals surface area (Å²) in [5.41, 5.74) is 3.09. The van der Waals surface area contributed by atoms with Crippen molar-refractivity contribution in [1.29, 1.82) is 0 Å². The summed E-state index contributed by atoms with van der Waals surface area (Å²) in [4.78, 5) is 20.9. The molecule has 0 radical (unpaired) electrons. The molecule has 0 bridgehead atoms. The van der Waals surface area contributed by atoms with Crippen molar-refractivity contribution in [3.8, 4) is 5.88 Å². The zero-order chi connectivity index (χ0) is 29.0. The lowest BCUT2D eigenvalue weighted by molar-refractivity contribution is -0.136. The number of hydrogen-bond acceptors (Lipinski definition) is 6. The summed E-state index contributed by atoms with van der Waals surface area (Å²) in [6, 6.07) is 17.6. The van der Waals surface area contributed by atoms with E-state index in [-0.39, 0.29) is 12.3 Å². The highest BCUT2D eigenvalue weighted by atomic mass is 32.2. The highest BCUT2D eigenvalue weighted by molar-refractivity contribution is 7.92. The first kappa shape index (κ1) is 28.8. The second kappa shape index (κ2) is 11.9. The van der Waals surface area contributed by atoms with Gasteiger partial charge < -0.3 is 20.1 Å². The van der Waals surface area contributed by atoms with Gasteiger partial charge in [-0.2, -0.15) is 0 Å². The van der Waals surface area contributed by atoms with Crippen LogP contribution in [-0.4, -0.2) is 73.6 Å². The number of halogens is 1. The molecule has 3 N–H and O–H groups in total. The van der Waals surface area contributed by atoms with Crippen molar-refractivity contribution in [2.24, 2.45) is 4.99 Å². The lowest BCUT2D eigenvalue weighted by Crippen LogP contribution is -2.32. The number of carboxylic acid groups (broad SMARTS) is 1. The van der Waals surface area contributed by atoms with Gasteiger partial charge in [0.15, 0.2) is 5.88 Å². The van der Waals surface area contributed by atoms with E-state index in [0.29, 0.717) is 57.6 Å². The molecule has 0 atom stereocenters. The van der Waals surface area contributed by atoms with Crippen molar-refractivity contribution in [2.45, 2.75) is 12.8 Å². The summed E-state index contributed by atoms with van der Waals surface area (Å²) in [6.07, 6.45) is 1.62. The summed E-state index contributed by atoms with van der Waals surface area (Å²) >= 11 is 0. The van der Waals surface area contributed by atoms with Crippen LogP contribution in [0.2, 0.25) is 0 Å². The van der Waals surface area contributed by atoms with E-state index in [0.717, 1.165) is 6.54 Å². The smallest absolute Gasteiger partial charge is 0.307 e. The lowest BCUT2D eigenvalue weighted by atomic mass is 9.98. The van der Waals surface area contributed by atoms with Gasteiger partial charge in [0.05, 0.1) is 40.8 Å². The van der Waals surface area contributed by atoms with Crippen LogP contribution in [0.5, 0.6) is 5.88 Å². The molecule has 1 heterocycles. The van der Waals surface area contributed by atoms with Crippen LogP contribution in [0, 0.1) is 5.82 Å². The lowest BCUT2D eigenvalue weighted by Gasteiger charge is -2.23. The summed E-state index contributed by atoms with van der Waals surface area (Å²) in [7, 11) is 0.335. The van der Waals surface area contributed by atoms with Crippen molar-refractivity contribution in [3.63, 3.8) is 0 Å². The van der Waals surface area contributed by atoms with Crippen LogP contribution < -0.4 is 4.31 Å². The third-order valence-corrected chi connectivity index (χ3v) is 7.47. The van der Waals surface area contributed by atoms with E-state index >= 15 is 0 Å². The highest BCUT2D eigenvalue weighted by Gasteiger charge is 2.21. The number of sulfonamides is 1. The number of rotatable bonds is 11. The standard InChI is InChI=1S/C29H31FN4O5S/c1-33(2)14-5-15-34(40(3,38)39)23-11-9-22(10-12-23)31-28(20-7-4-6-19(16-20)17-26(35)36)27-24-13-8-21(30)18-25(24)32-29(27)37/h4,6-13,16,18,32,37H,5,14-15,17H2,1-3H3,(H,35,36). The third kappa shape index (κ3) is 6.85. The quantitative estimate of drug-likeness (QED) is 0.229. The topological polar surface area (TPSA) is 126 Å². The van der Waals surface area contributed by atoms with Gasteiger partial charge in [0.2, 0.25) is 10.0 Å². The fourth-order valence-electron chi connectivity index (χ4n) is 4.50. The van der Waals surface area contributed by atoms with E-state index in [1.165, 1.54) is 28.8 Å². The number of aliphatic carboxylic acids is 1. The zero-order valence-electron chi connectivity index (χ0n) is 22.4. The van der Waals surface area contributed by atoms with E-state index in [9.17, 15) is 27.8 Å². The number of aromatic amines is 1. The summed E-state index contributed by atoms with van der Waals surface area (Å²) in [5, 5.41) is 20.7. The Bertz CT molecular complexity index is 1660. The van der Waals surface area contributed by atoms with Gasteiger partial charge in [-0.1, -0.05) is 18.2 Å². The molecular formula is C29H31FN4O5S. The molecule has 0 aliphatic heterocycles. The molecule has 0 aliphatic carbocycles. The second-order valence-corrected chi connectivity index (χ2v) is 11.7. The van der Waals surface area contributed by atoms with Gasteiger partial charge in [-0.3, -0.25) is 9.10 Å². The first-order valence-corrected chi connectivity index (χ1v) is 14.4. The minimum absolute atomic E-state index is 0.198. The Kier molecular flexibility index (Phi) is 8.55. The van der Waals surface area contributed by atoms with Crippen LogP contribution >= 0.6 is 0 Å². The molecule has 0 saturated heterocycles. The van der Waals surface area contributed by atoms with Crippen LogP contribution in [0.15, 0.2) is 71.7 Å². The normalized spacial score (nSPS) is 12.3. The molecule has 4 aromatic rings. The number of carbonyl (C=O) groups is 1. The van der Waals surface area contributed by atoms with E-state index in [4.69, 9.17) is 4.99 Å². The maximum Gasteiger partial charge on any atom is 0.307 e. The van der Waals surface area contributed by atoms with Gasteiger partial charge in [-0.15, -0.1) is 0 Å². The molecule has 210 valence electrons. The highest BCUT2D eigenvalue weighted by Crippen LogP contribution is 2.33. The van der Waals surface area contributed by atoms with Gasteiger partial charge >= 0.3 is 5.97 Å². The second-order valence-electron chi connectivity index (χ2n) is 9.78. The monoisotopic (exact) mass is 566 g/mol. The van der Waals surface area contributed by atoms with Gasteiger partial charge in [0.25, 0.3) is 0 Å². The van der Waals surface area contributed by atoms with E-state index < -0.39 is 21.8 Å². The van der Waals surface area contributed by atoms with Crippen LogP contribution in [0.3, 0.4) is 0 Å². The van der Waals surface area contributed by atoms with Gasteiger partial charge in [0, 0.05) is 17.5 Å². The summed E-state index contributed by atoms with van der Waals surface area (Å²) in [6.45, 7) is 1.05. The summed E-state index contributed by atoms with van der Waals surface area (Å²) < 4.78 is 40.2. The van der Waals surface area contributed by atoms with Crippen molar-refractivity contribution in [3.05, 3.63) is 89.2 Å². The molecule has 0 unspecified atom stereocenters. The predicted octanol–water partition coefficient (Wildman–Crippen LogP) is 4.53. The maximum absolute atomic E-state index is 13.9. The third-order valence-electron chi connectivity index (χ3n) is 6.28. The van der Waals surface area contributed by atoms with Crippen molar-refractivity contribution >= 4 is 44.0 Å². The van der Waals surface area contributed by atoms with E-state index in [2.05, 4.69) is 4.98 Å². The van der Waals surface area contributed by atoms with Crippen LogP contribution in [0.25, 0.3) is 10.9 Å². The SMILES string of the molecule is CN(C)CCCN(c1ccc(N=C(c2cccc(CC(=O)O)c2)c2c(O)[nH]c3cc(F)ccc23)cc1)S(C)(=O)=O. The van der Waals surface area contributed by atoms with Crippen LogP contribution in [0.4, 0.5) is 15.8 Å². The number of anilines is 1. The summed E-state index contributed by atoms with van der Waals surface area (Å²) in [5.74, 6) is -1.68. The fourth-order valence-corrected chi connectivity index (χ4v) is 5.47. The Morgan fingerprint density at radius 1 is 1.02 bits per heavy atom. The van der Waals surface area contributed by atoms with Gasteiger partial charge in [0.1, 0.15) is 5.82 Å². The number of aromatic nitrogens is 1. The molecule has 4 rings (SSSR count). The molecule has 0 spiro atoms. The average molecular weight is 567 g/mol. The molecule has 9 nitrogen and oxygen atoms in total. The molecule has 0 amide bonds. The number of aromatic hydroxyl groups is 1.